The van der Waals surface area contributed by atoms with Crippen LogP contribution in [0.1, 0.15) is 0 Å². The van der Waals surface area contributed by atoms with Gasteiger partial charge < -0.3 is 0 Å². The van der Waals surface area contributed by atoms with E-state index in [4.69, 9.17) is 54.8 Å². The lowest BCUT2D eigenvalue weighted by Gasteiger charge is -2.13. The Morgan fingerprint density at radius 2 is 0.393 bits per heavy atom. The summed E-state index contributed by atoms with van der Waals surface area (Å²) < 4.78 is 6.60. The van der Waals surface area contributed by atoms with E-state index in [1.165, 1.54) is 59.2 Å². The highest BCUT2D eigenvalue weighted by Gasteiger charge is 2.25. The van der Waals surface area contributed by atoms with Gasteiger partial charge in [0.2, 0.25) is 0 Å². The molecule has 628 valence electrons. The molecule has 0 spiro atoms. The number of fused-ring (bicyclic) bond motifs is 30. The molecule has 28 aromatic rings. The van der Waals surface area contributed by atoms with Gasteiger partial charge in [0.25, 0.3) is 0 Å². The van der Waals surface area contributed by atoms with E-state index in [2.05, 4.69) is 287 Å². The minimum Gasteiger partial charge on any atom is -0.299 e. The van der Waals surface area contributed by atoms with Crippen LogP contribution in [0.25, 0.3) is 260 Å². The first-order chi connectivity index (χ1) is 66.9. The average Bonchev–Trinajstić information content (AvgIpc) is 1.63. The van der Waals surface area contributed by atoms with Crippen molar-refractivity contribution >= 4 is 147 Å². The van der Waals surface area contributed by atoms with Crippen LogP contribution in [0.3, 0.4) is 0 Å². The van der Waals surface area contributed by atoms with E-state index < -0.39 is 0 Å². The van der Waals surface area contributed by atoms with Crippen LogP contribution >= 0.6 is 0 Å². The second kappa shape index (κ2) is 32.3. The van der Waals surface area contributed by atoms with Crippen LogP contribution < -0.4 is 0 Å². The molecule has 0 saturated carbocycles. The predicted molar refractivity (Wildman–Crippen MR) is 552 cm³/mol. The normalized spacial score (nSPS) is 11.7. The number of hydrogen-bond acceptors (Lipinski definition) is 11. The van der Waals surface area contributed by atoms with Crippen molar-refractivity contribution in [2.24, 2.45) is 0 Å². The number of nitrogens with zero attached hydrogens (tertiary/aromatic N) is 14. The number of imidazole rings is 3. The van der Waals surface area contributed by atoms with Crippen molar-refractivity contribution in [1.29, 1.82) is 0 Å². The van der Waals surface area contributed by atoms with E-state index >= 15 is 0 Å². The third-order valence-electron chi connectivity index (χ3n) is 26.0. The lowest BCUT2D eigenvalue weighted by molar-refractivity contribution is 1.07. The van der Waals surface area contributed by atoms with Crippen LogP contribution in [0.2, 0.25) is 0 Å². The van der Waals surface area contributed by atoms with Crippen molar-refractivity contribution in [3.05, 3.63) is 449 Å². The molecule has 0 aliphatic rings. The molecule has 0 bridgehead atoms. The van der Waals surface area contributed by atoms with E-state index in [0.717, 1.165) is 160 Å². The van der Waals surface area contributed by atoms with Gasteiger partial charge in [-0.25, -0.2) is 54.8 Å². The Morgan fingerprint density at radius 3 is 0.741 bits per heavy atom. The standard InChI is InChI=1S/C44H27N5.C39H24N4.C38H23N5/c1-3-13-29(14-4-1)42-46-43(30-15-5-2-6-16-30)48-44(47-42)33-18-11-17-31(26-33)32-22-23-35-37(27-32)39-34-19-8-7-12-28(34)21-24-36(39)40-41(35)49-25-10-9-20-38(49)45-40;1-3-12-26(13-4-1)33-24-34(27-14-5-2-6-15-27)41-39(40-33)28-19-20-30-32(23-28)36-29-16-8-7-11-25(29)18-21-31(36)37-38(30)43-22-10-9-17-35(43)42-37;1-3-12-25(13-4-1)36-40-37(26-14-5-2-6-15-26)42-38(41-36)27-19-20-29-31(23-27)33-28-16-8-7-11-24(28)18-21-30(33)34-35(29)43-22-10-9-17-32(43)39-34/h1-27H;1-24H;1-23H. The fourth-order valence-electron chi connectivity index (χ4n) is 19.7. The Bertz CT molecular complexity index is 9100. The van der Waals surface area contributed by atoms with Crippen molar-refractivity contribution in [2.75, 3.05) is 0 Å². The Balaban J connectivity index is 0.000000106. The molecule has 0 atom stereocenters. The van der Waals surface area contributed by atoms with Crippen LogP contribution in [-0.4, -0.2) is 68.0 Å². The summed E-state index contributed by atoms with van der Waals surface area (Å²) in [5.41, 5.74) is 22.0. The summed E-state index contributed by atoms with van der Waals surface area (Å²) in [6.45, 7) is 0. The summed E-state index contributed by atoms with van der Waals surface area (Å²) in [5.74, 6) is 4.58. The van der Waals surface area contributed by atoms with Crippen LogP contribution in [0.5, 0.6) is 0 Å². The molecule has 0 saturated heterocycles. The average molecular weight is 1720 g/mol. The summed E-state index contributed by atoms with van der Waals surface area (Å²) in [5, 5.41) is 21.3. The number of pyridine rings is 3. The van der Waals surface area contributed by atoms with E-state index in [9.17, 15) is 0 Å². The summed E-state index contributed by atoms with van der Waals surface area (Å²) in [7, 11) is 0. The van der Waals surface area contributed by atoms with Gasteiger partial charge in [-0.2, -0.15) is 0 Å². The second-order valence-corrected chi connectivity index (χ2v) is 34.0. The molecule has 0 aliphatic carbocycles. The van der Waals surface area contributed by atoms with Gasteiger partial charge >= 0.3 is 0 Å². The van der Waals surface area contributed by atoms with Gasteiger partial charge in [-0.3, -0.25) is 13.2 Å². The largest absolute Gasteiger partial charge is 0.299 e. The fraction of sp³-hybridized carbons (Fsp3) is 0. The van der Waals surface area contributed by atoms with Crippen molar-refractivity contribution in [3.8, 4) is 113 Å². The topological polar surface area (TPSA) is 155 Å². The Labute approximate surface area is 772 Å². The monoisotopic (exact) mass is 1720 g/mol. The third kappa shape index (κ3) is 13.5. The van der Waals surface area contributed by atoms with Gasteiger partial charge in [-0.15, -0.1) is 0 Å². The SMILES string of the molecule is c1ccc(-c2cc(-c3ccccc3)nc(-c3ccc4c(c3)c3c5ccccc5ccc3c3nc5ccccn5c43)n2)cc1.c1ccc(-c2nc(-c3ccccc3)nc(-c3ccc4c(c3)c3c5ccccc5ccc3c3nc5ccccn5c43)n2)cc1.c1ccc(-c2nc(-c3ccccc3)nc(-c3cccc(-c4ccc5c(c4)c4c6ccccc6ccc4c4nc6ccccn6c54)c3)n2)cc1. The molecule has 0 fully saturated rings. The number of rotatable bonds is 10. The minimum absolute atomic E-state index is 0.638. The summed E-state index contributed by atoms with van der Waals surface area (Å²) in [4.78, 5) is 55.3. The molecular formula is C121H74N14. The van der Waals surface area contributed by atoms with E-state index in [1.54, 1.807) is 0 Å². The summed E-state index contributed by atoms with van der Waals surface area (Å²) >= 11 is 0. The molecular weight excluding hydrogens is 1650 g/mol. The van der Waals surface area contributed by atoms with Gasteiger partial charge in [0.05, 0.1) is 44.5 Å². The highest BCUT2D eigenvalue weighted by molar-refractivity contribution is 6.34. The van der Waals surface area contributed by atoms with E-state index in [-0.39, 0.29) is 0 Å². The second-order valence-electron chi connectivity index (χ2n) is 34.0. The summed E-state index contributed by atoms with van der Waals surface area (Å²) in [6, 6.07) is 149. The van der Waals surface area contributed by atoms with Crippen molar-refractivity contribution in [3.63, 3.8) is 0 Å². The van der Waals surface area contributed by atoms with Gasteiger partial charge in [0.1, 0.15) is 16.9 Å². The van der Waals surface area contributed by atoms with Crippen LogP contribution in [-0.2, 0) is 0 Å². The molecule has 14 nitrogen and oxygen atoms in total. The maximum atomic E-state index is 5.13. The zero-order valence-electron chi connectivity index (χ0n) is 72.5. The highest BCUT2D eigenvalue weighted by Crippen LogP contribution is 2.46. The predicted octanol–water partition coefficient (Wildman–Crippen LogP) is 29.7. The fourth-order valence-corrected chi connectivity index (χ4v) is 19.7. The lowest BCUT2D eigenvalue weighted by Crippen LogP contribution is -2.00. The Hall–Kier alpha value is -18.5. The van der Waals surface area contributed by atoms with Crippen LogP contribution in [0.15, 0.2) is 449 Å². The quantitative estimate of drug-likeness (QED) is 0.120. The number of benzene rings is 19. The van der Waals surface area contributed by atoms with Crippen molar-refractivity contribution < 1.29 is 0 Å². The molecule has 0 N–H and O–H groups in total. The van der Waals surface area contributed by atoms with Gasteiger partial charge in [-0.05, 0) is 142 Å². The lowest BCUT2D eigenvalue weighted by atomic mass is 9.92. The van der Waals surface area contributed by atoms with Crippen molar-refractivity contribution in [2.45, 2.75) is 0 Å². The molecule has 0 aliphatic heterocycles. The first kappa shape index (κ1) is 77.6. The molecule has 135 heavy (non-hydrogen) atoms. The maximum Gasteiger partial charge on any atom is 0.164 e. The zero-order chi connectivity index (χ0) is 89.0. The molecule has 0 amide bonds. The number of aromatic nitrogens is 14. The number of hydrogen-bond donors (Lipinski definition) is 0. The summed E-state index contributed by atoms with van der Waals surface area (Å²) in [6.07, 6.45) is 6.30. The molecule has 19 aromatic carbocycles. The van der Waals surface area contributed by atoms with Gasteiger partial charge in [0, 0.05) is 101 Å². The molecule has 9 aromatic heterocycles. The highest BCUT2D eigenvalue weighted by atomic mass is 15.1. The maximum absolute atomic E-state index is 5.13. The smallest absolute Gasteiger partial charge is 0.164 e. The Kier molecular flexibility index (Phi) is 18.6. The van der Waals surface area contributed by atoms with Crippen LogP contribution in [0, 0.1) is 0 Å². The molecule has 0 radical (unpaired) electrons. The molecule has 9 heterocycles. The van der Waals surface area contributed by atoms with Gasteiger partial charge in [0.15, 0.2) is 40.8 Å². The molecule has 0 unspecified atom stereocenters. The van der Waals surface area contributed by atoms with Crippen LogP contribution in [0.4, 0.5) is 0 Å². The molecule has 28 rings (SSSR count). The first-order valence-corrected chi connectivity index (χ1v) is 45.2. The van der Waals surface area contributed by atoms with E-state index in [0.29, 0.717) is 40.8 Å². The Morgan fingerprint density at radius 1 is 0.141 bits per heavy atom. The first-order valence-electron chi connectivity index (χ1n) is 45.2. The zero-order valence-corrected chi connectivity index (χ0v) is 72.5. The third-order valence-corrected chi connectivity index (χ3v) is 26.0. The van der Waals surface area contributed by atoms with Gasteiger partial charge in [-0.1, -0.05) is 364 Å². The van der Waals surface area contributed by atoms with E-state index in [1.807, 2.05) is 176 Å². The minimum atomic E-state index is 0.638. The molecule has 14 heteroatoms. The van der Waals surface area contributed by atoms with Crippen molar-refractivity contribution in [1.82, 2.24) is 68.0 Å².